The Kier molecular flexibility index (Phi) is 9.18. The standard InChI is InChI=1S/C23H44O2/c1-16(2)10-9-11-18(5)14-15-25-23(7,8)21-20(17(3)4)13-12-19(6)22(21)24/h17-22,24H,1,9-15H2,2-8H3/t18?,19-,20?,21?,22?/m0/s1. The summed E-state index contributed by atoms with van der Waals surface area (Å²) >= 11 is 0. The lowest BCUT2D eigenvalue weighted by atomic mass is 9.63. The Morgan fingerprint density at radius 1 is 1.20 bits per heavy atom. The van der Waals surface area contributed by atoms with Gasteiger partial charge in [-0.2, -0.15) is 0 Å². The van der Waals surface area contributed by atoms with E-state index in [4.69, 9.17) is 4.74 Å². The van der Waals surface area contributed by atoms with E-state index < -0.39 is 0 Å². The third-order valence-corrected chi connectivity index (χ3v) is 6.41. The molecule has 0 spiro atoms. The topological polar surface area (TPSA) is 29.5 Å². The molecule has 25 heavy (non-hydrogen) atoms. The molecule has 0 aliphatic heterocycles. The molecule has 0 radical (unpaired) electrons. The normalized spacial score (nSPS) is 29.0. The van der Waals surface area contributed by atoms with E-state index in [1.54, 1.807) is 0 Å². The van der Waals surface area contributed by atoms with Crippen LogP contribution in [-0.2, 0) is 4.74 Å². The highest BCUT2D eigenvalue weighted by molar-refractivity contribution is 4.96. The van der Waals surface area contributed by atoms with Crippen molar-refractivity contribution < 1.29 is 9.84 Å². The summed E-state index contributed by atoms with van der Waals surface area (Å²) in [7, 11) is 0. The van der Waals surface area contributed by atoms with E-state index in [0.717, 1.165) is 25.9 Å². The summed E-state index contributed by atoms with van der Waals surface area (Å²) in [6.45, 7) is 20.4. The Bertz CT molecular complexity index is 399. The van der Waals surface area contributed by atoms with Gasteiger partial charge in [-0.1, -0.05) is 39.7 Å². The third kappa shape index (κ3) is 7.06. The van der Waals surface area contributed by atoms with Crippen LogP contribution in [0, 0.1) is 29.6 Å². The first-order valence-corrected chi connectivity index (χ1v) is 10.5. The quantitative estimate of drug-likeness (QED) is 0.472. The average molecular weight is 353 g/mol. The average Bonchev–Trinajstić information content (AvgIpc) is 2.48. The molecule has 148 valence electrons. The molecule has 0 aromatic heterocycles. The van der Waals surface area contributed by atoms with E-state index in [9.17, 15) is 5.11 Å². The zero-order valence-electron chi connectivity index (χ0n) is 18.0. The van der Waals surface area contributed by atoms with Crippen molar-refractivity contribution in [1.82, 2.24) is 0 Å². The fraction of sp³-hybridized carbons (Fsp3) is 0.913. The maximum absolute atomic E-state index is 10.9. The van der Waals surface area contributed by atoms with Crippen LogP contribution in [0.25, 0.3) is 0 Å². The molecule has 2 heteroatoms. The minimum Gasteiger partial charge on any atom is -0.392 e. The number of ether oxygens (including phenoxy) is 1. The Morgan fingerprint density at radius 2 is 1.84 bits per heavy atom. The number of hydrogen-bond donors (Lipinski definition) is 1. The summed E-state index contributed by atoms with van der Waals surface area (Å²) in [4.78, 5) is 0. The Balaban J connectivity index is 2.55. The molecule has 1 aliphatic carbocycles. The first-order chi connectivity index (χ1) is 11.6. The van der Waals surface area contributed by atoms with Gasteiger partial charge in [0.2, 0.25) is 0 Å². The van der Waals surface area contributed by atoms with Crippen molar-refractivity contribution in [1.29, 1.82) is 0 Å². The molecule has 0 amide bonds. The van der Waals surface area contributed by atoms with Crippen LogP contribution >= 0.6 is 0 Å². The molecule has 5 atom stereocenters. The van der Waals surface area contributed by atoms with Crippen molar-refractivity contribution in [2.45, 2.75) is 98.7 Å². The maximum atomic E-state index is 10.9. The van der Waals surface area contributed by atoms with Gasteiger partial charge < -0.3 is 9.84 Å². The molecule has 1 N–H and O–H groups in total. The second-order valence-corrected chi connectivity index (χ2v) is 9.67. The lowest BCUT2D eigenvalue weighted by Crippen LogP contribution is -2.52. The van der Waals surface area contributed by atoms with Crippen molar-refractivity contribution in [2.24, 2.45) is 29.6 Å². The van der Waals surface area contributed by atoms with Gasteiger partial charge in [-0.3, -0.25) is 0 Å². The van der Waals surface area contributed by atoms with Crippen LogP contribution in [0.2, 0.25) is 0 Å². The van der Waals surface area contributed by atoms with E-state index in [0.29, 0.717) is 23.7 Å². The second-order valence-electron chi connectivity index (χ2n) is 9.67. The highest BCUT2D eigenvalue weighted by Crippen LogP contribution is 2.44. The van der Waals surface area contributed by atoms with E-state index in [1.807, 2.05) is 0 Å². The van der Waals surface area contributed by atoms with Gasteiger partial charge in [-0.25, -0.2) is 0 Å². The van der Waals surface area contributed by atoms with E-state index in [1.165, 1.54) is 24.8 Å². The molecule has 0 bridgehead atoms. The lowest BCUT2D eigenvalue weighted by Gasteiger charge is -2.49. The summed E-state index contributed by atoms with van der Waals surface area (Å²) in [5.74, 6) is 2.44. The van der Waals surface area contributed by atoms with Gasteiger partial charge in [0.15, 0.2) is 0 Å². The smallest absolute Gasteiger partial charge is 0.0682 e. The third-order valence-electron chi connectivity index (χ3n) is 6.41. The first-order valence-electron chi connectivity index (χ1n) is 10.5. The van der Waals surface area contributed by atoms with Crippen LogP contribution in [0.5, 0.6) is 0 Å². The van der Waals surface area contributed by atoms with Crippen LogP contribution in [0.4, 0.5) is 0 Å². The van der Waals surface area contributed by atoms with Crippen LogP contribution in [0.1, 0.15) is 87.0 Å². The van der Waals surface area contributed by atoms with Crippen molar-refractivity contribution in [3.8, 4) is 0 Å². The number of rotatable bonds is 10. The molecule has 1 aliphatic rings. The highest BCUT2D eigenvalue weighted by atomic mass is 16.5. The van der Waals surface area contributed by atoms with Crippen LogP contribution in [0.15, 0.2) is 12.2 Å². The van der Waals surface area contributed by atoms with Gasteiger partial charge in [0.25, 0.3) is 0 Å². The SMILES string of the molecule is C=C(C)CCCC(C)CCOC(C)(C)C1C(C(C)C)CC[C@H](C)C1O. The summed E-state index contributed by atoms with van der Waals surface area (Å²) in [6.07, 6.45) is 6.82. The molecule has 2 nitrogen and oxygen atoms in total. The molecule has 0 aromatic carbocycles. The van der Waals surface area contributed by atoms with Crippen LogP contribution < -0.4 is 0 Å². The van der Waals surface area contributed by atoms with E-state index >= 15 is 0 Å². The first kappa shape index (κ1) is 22.7. The van der Waals surface area contributed by atoms with Gasteiger partial charge in [0, 0.05) is 12.5 Å². The van der Waals surface area contributed by atoms with Crippen molar-refractivity contribution in [2.75, 3.05) is 6.61 Å². The van der Waals surface area contributed by atoms with Crippen LogP contribution in [0.3, 0.4) is 0 Å². The summed E-state index contributed by atoms with van der Waals surface area (Å²) in [5.41, 5.74) is 1.02. The Hall–Kier alpha value is -0.340. The monoisotopic (exact) mass is 352 g/mol. The molecule has 0 heterocycles. The summed E-state index contributed by atoms with van der Waals surface area (Å²) < 4.78 is 6.39. The summed E-state index contributed by atoms with van der Waals surface area (Å²) in [5, 5.41) is 10.9. The van der Waals surface area contributed by atoms with Gasteiger partial charge in [-0.15, -0.1) is 6.58 Å². The number of aliphatic hydroxyl groups excluding tert-OH is 1. The predicted molar refractivity (Wildman–Crippen MR) is 109 cm³/mol. The van der Waals surface area contributed by atoms with Gasteiger partial charge in [0.05, 0.1) is 11.7 Å². The van der Waals surface area contributed by atoms with Crippen LogP contribution in [-0.4, -0.2) is 23.4 Å². The predicted octanol–water partition coefficient (Wildman–Crippen LogP) is 6.23. The molecule has 1 fully saturated rings. The zero-order valence-corrected chi connectivity index (χ0v) is 18.0. The molecule has 1 saturated carbocycles. The molecule has 1 rings (SSSR count). The molecular weight excluding hydrogens is 308 g/mol. The molecule has 0 aromatic rings. The minimum atomic E-state index is -0.263. The molecule has 4 unspecified atom stereocenters. The molecular formula is C23H44O2. The number of allylic oxidation sites excluding steroid dienone is 1. The fourth-order valence-electron chi connectivity index (χ4n) is 4.60. The Labute approximate surface area is 157 Å². The van der Waals surface area contributed by atoms with Crippen molar-refractivity contribution in [3.05, 3.63) is 12.2 Å². The lowest BCUT2D eigenvalue weighted by molar-refractivity contribution is -0.151. The van der Waals surface area contributed by atoms with Crippen molar-refractivity contribution >= 4 is 0 Å². The zero-order chi connectivity index (χ0) is 19.2. The highest BCUT2D eigenvalue weighted by Gasteiger charge is 2.46. The molecule has 0 saturated heterocycles. The van der Waals surface area contributed by atoms with Crippen molar-refractivity contribution in [3.63, 3.8) is 0 Å². The Morgan fingerprint density at radius 3 is 2.40 bits per heavy atom. The second kappa shape index (κ2) is 10.1. The number of hydrogen-bond acceptors (Lipinski definition) is 2. The number of aliphatic hydroxyl groups is 1. The van der Waals surface area contributed by atoms with Gasteiger partial charge in [0.1, 0.15) is 0 Å². The maximum Gasteiger partial charge on any atom is 0.0682 e. The van der Waals surface area contributed by atoms with Gasteiger partial charge >= 0.3 is 0 Å². The van der Waals surface area contributed by atoms with Gasteiger partial charge in [-0.05, 0) is 76.5 Å². The van der Waals surface area contributed by atoms with E-state index in [-0.39, 0.29) is 17.6 Å². The van der Waals surface area contributed by atoms with E-state index in [2.05, 4.69) is 55.0 Å². The summed E-state index contributed by atoms with van der Waals surface area (Å²) in [6, 6.07) is 0. The largest absolute Gasteiger partial charge is 0.392 e. The minimum absolute atomic E-state index is 0.231. The fourth-order valence-corrected chi connectivity index (χ4v) is 4.60.